The molecule has 1 aromatic rings. The molecular formula is C10H18N4OS. The highest BCUT2D eigenvalue weighted by molar-refractivity contribution is 7.15. The third-order valence-electron chi connectivity index (χ3n) is 2.10. The zero-order valence-electron chi connectivity index (χ0n) is 9.86. The molecule has 1 atom stereocenters. The van der Waals surface area contributed by atoms with E-state index in [4.69, 9.17) is 5.73 Å². The van der Waals surface area contributed by atoms with Gasteiger partial charge in [-0.15, -0.1) is 10.2 Å². The van der Waals surface area contributed by atoms with Gasteiger partial charge in [-0.25, -0.2) is 0 Å². The van der Waals surface area contributed by atoms with Crippen LogP contribution in [0, 0.1) is 0 Å². The molecule has 0 aliphatic heterocycles. The van der Waals surface area contributed by atoms with Crippen molar-refractivity contribution in [2.45, 2.75) is 45.6 Å². The van der Waals surface area contributed by atoms with Crippen LogP contribution < -0.4 is 11.1 Å². The summed E-state index contributed by atoms with van der Waals surface area (Å²) in [5.74, 6) is 0.140. The Hall–Kier alpha value is -1.01. The fourth-order valence-electron chi connectivity index (χ4n) is 1.16. The van der Waals surface area contributed by atoms with Crippen molar-refractivity contribution in [1.82, 2.24) is 10.2 Å². The van der Waals surface area contributed by atoms with E-state index in [0.717, 1.165) is 11.4 Å². The van der Waals surface area contributed by atoms with Crippen LogP contribution in [0.2, 0.25) is 0 Å². The summed E-state index contributed by atoms with van der Waals surface area (Å²) in [5.41, 5.74) is 5.69. The van der Waals surface area contributed by atoms with Crippen molar-refractivity contribution in [3.63, 3.8) is 0 Å². The Balaban J connectivity index is 2.56. The van der Waals surface area contributed by atoms with Gasteiger partial charge in [0.05, 0.1) is 6.04 Å². The molecular weight excluding hydrogens is 224 g/mol. The maximum atomic E-state index is 11.6. The van der Waals surface area contributed by atoms with Gasteiger partial charge in [0, 0.05) is 5.92 Å². The largest absolute Gasteiger partial charge is 0.320 e. The Morgan fingerprint density at radius 2 is 2.19 bits per heavy atom. The molecule has 0 radical (unpaired) electrons. The second-order valence-corrected chi connectivity index (χ2v) is 4.99. The lowest BCUT2D eigenvalue weighted by Crippen LogP contribution is -2.35. The third-order valence-corrected chi connectivity index (χ3v) is 3.24. The van der Waals surface area contributed by atoms with E-state index < -0.39 is 6.04 Å². The molecule has 1 amide bonds. The average Bonchev–Trinajstić information content (AvgIpc) is 2.66. The molecule has 0 aliphatic carbocycles. The summed E-state index contributed by atoms with van der Waals surface area (Å²) in [6.07, 6.45) is 1.57. The molecule has 1 aromatic heterocycles. The van der Waals surface area contributed by atoms with E-state index in [1.807, 2.05) is 20.8 Å². The van der Waals surface area contributed by atoms with Crippen LogP contribution in [0.25, 0.3) is 0 Å². The summed E-state index contributed by atoms with van der Waals surface area (Å²) in [6, 6.07) is -0.462. The normalized spacial score (nSPS) is 12.8. The van der Waals surface area contributed by atoms with E-state index in [0.29, 0.717) is 17.5 Å². The summed E-state index contributed by atoms with van der Waals surface area (Å²) >= 11 is 1.40. The first kappa shape index (κ1) is 13.1. The number of rotatable bonds is 5. The highest BCUT2D eigenvalue weighted by Gasteiger charge is 2.15. The van der Waals surface area contributed by atoms with Crippen LogP contribution in [-0.2, 0) is 4.79 Å². The van der Waals surface area contributed by atoms with Gasteiger partial charge in [-0.05, 0) is 6.42 Å². The van der Waals surface area contributed by atoms with Gasteiger partial charge in [0.1, 0.15) is 5.01 Å². The predicted octanol–water partition coefficient (Wildman–Crippen LogP) is 1.73. The van der Waals surface area contributed by atoms with Gasteiger partial charge in [0.15, 0.2) is 0 Å². The summed E-state index contributed by atoms with van der Waals surface area (Å²) in [5, 5.41) is 12.0. The van der Waals surface area contributed by atoms with Gasteiger partial charge in [-0.3, -0.25) is 10.1 Å². The summed E-state index contributed by atoms with van der Waals surface area (Å²) in [7, 11) is 0. The van der Waals surface area contributed by atoms with Crippen LogP contribution in [0.1, 0.15) is 44.5 Å². The fraction of sp³-hybridized carbons (Fsp3) is 0.700. The van der Waals surface area contributed by atoms with Crippen molar-refractivity contribution in [3.05, 3.63) is 5.01 Å². The highest BCUT2D eigenvalue weighted by Crippen LogP contribution is 2.22. The first-order valence-electron chi connectivity index (χ1n) is 5.44. The van der Waals surface area contributed by atoms with Crippen LogP contribution in [0.5, 0.6) is 0 Å². The minimum atomic E-state index is -0.462. The zero-order valence-corrected chi connectivity index (χ0v) is 10.7. The number of nitrogens with two attached hydrogens (primary N) is 1. The summed E-state index contributed by atoms with van der Waals surface area (Å²) < 4.78 is 0. The van der Waals surface area contributed by atoms with E-state index in [2.05, 4.69) is 15.5 Å². The maximum absolute atomic E-state index is 11.6. The predicted molar refractivity (Wildman–Crippen MR) is 65.5 cm³/mol. The summed E-state index contributed by atoms with van der Waals surface area (Å²) in [6.45, 7) is 6.07. The quantitative estimate of drug-likeness (QED) is 0.824. The van der Waals surface area contributed by atoms with Gasteiger partial charge in [0.25, 0.3) is 0 Å². The van der Waals surface area contributed by atoms with Crippen molar-refractivity contribution in [2.75, 3.05) is 5.32 Å². The Labute approximate surface area is 99.5 Å². The molecule has 0 fully saturated rings. The van der Waals surface area contributed by atoms with Crippen LogP contribution in [0.4, 0.5) is 5.13 Å². The molecule has 3 N–H and O–H groups in total. The first-order chi connectivity index (χ1) is 7.54. The van der Waals surface area contributed by atoms with Gasteiger partial charge in [-0.2, -0.15) is 0 Å². The fourth-order valence-corrected chi connectivity index (χ4v) is 1.91. The highest BCUT2D eigenvalue weighted by atomic mass is 32.1. The monoisotopic (exact) mass is 242 g/mol. The average molecular weight is 242 g/mol. The molecule has 1 heterocycles. The number of hydrogen-bond acceptors (Lipinski definition) is 5. The van der Waals surface area contributed by atoms with Crippen LogP contribution >= 0.6 is 11.3 Å². The molecule has 5 nitrogen and oxygen atoms in total. The van der Waals surface area contributed by atoms with Crippen molar-refractivity contribution in [3.8, 4) is 0 Å². The van der Waals surface area contributed by atoms with E-state index in [9.17, 15) is 4.79 Å². The number of carbonyl (C=O) groups is 1. The maximum Gasteiger partial charge on any atom is 0.243 e. The number of nitrogens with one attached hydrogen (secondary N) is 1. The van der Waals surface area contributed by atoms with E-state index >= 15 is 0 Å². The number of nitrogens with zero attached hydrogens (tertiary/aromatic N) is 2. The molecule has 0 saturated heterocycles. The lowest BCUT2D eigenvalue weighted by atomic mass is 10.2. The number of hydrogen-bond donors (Lipinski definition) is 2. The number of aromatic nitrogens is 2. The molecule has 1 rings (SSSR count). The smallest absolute Gasteiger partial charge is 0.243 e. The van der Waals surface area contributed by atoms with Crippen LogP contribution in [-0.4, -0.2) is 22.1 Å². The standard InChI is InChI=1S/C10H18N4OS/c1-4-5-7(11)8(15)12-10-14-13-9(16-10)6(2)3/h6-7H,4-5,11H2,1-3H3,(H,12,14,15). The van der Waals surface area contributed by atoms with Crippen molar-refractivity contribution < 1.29 is 4.79 Å². The number of carbonyl (C=O) groups excluding carboxylic acids is 1. The van der Waals surface area contributed by atoms with E-state index in [1.165, 1.54) is 11.3 Å². The van der Waals surface area contributed by atoms with Gasteiger partial charge in [0.2, 0.25) is 11.0 Å². The number of amides is 1. The van der Waals surface area contributed by atoms with Crippen LogP contribution in [0.3, 0.4) is 0 Å². The zero-order chi connectivity index (χ0) is 12.1. The van der Waals surface area contributed by atoms with Crippen molar-refractivity contribution in [2.24, 2.45) is 5.73 Å². The molecule has 16 heavy (non-hydrogen) atoms. The Morgan fingerprint density at radius 3 is 2.69 bits per heavy atom. The Kier molecular flexibility index (Phi) is 4.82. The second-order valence-electron chi connectivity index (χ2n) is 3.98. The Morgan fingerprint density at radius 1 is 1.50 bits per heavy atom. The van der Waals surface area contributed by atoms with E-state index in [1.54, 1.807) is 0 Å². The molecule has 0 aromatic carbocycles. The molecule has 6 heteroatoms. The number of anilines is 1. The van der Waals surface area contributed by atoms with Crippen LogP contribution in [0.15, 0.2) is 0 Å². The lowest BCUT2D eigenvalue weighted by Gasteiger charge is -2.08. The minimum Gasteiger partial charge on any atom is -0.320 e. The molecule has 90 valence electrons. The molecule has 0 saturated carbocycles. The second kappa shape index (κ2) is 5.91. The molecule has 0 aliphatic rings. The van der Waals surface area contributed by atoms with Gasteiger partial charge in [-0.1, -0.05) is 38.5 Å². The first-order valence-corrected chi connectivity index (χ1v) is 6.26. The van der Waals surface area contributed by atoms with Gasteiger partial charge < -0.3 is 5.73 Å². The summed E-state index contributed by atoms with van der Waals surface area (Å²) in [4.78, 5) is 11.6. The Bertz CT molecular complexity index is 350. The topological polar surface area (TPSA) is 80.9 Å². The molecule has 0 bridgehead atoms. The SMILES string of the molecule is CCCC(N)C(=O)Nc1nnc(C(C)C)s1. The van der Waals surface area contributed by atoms with E-state index in [-0.39, 0.29) is 5.91 Å². The van der Waals surface area contributed by atoms with Gasteiger partial charge >= 0.3 is 0 Å². The van der Waals surface area contributed by atoms with Crippen molar-refractivity contribution in [1.29, 1.82) is 0 Å². The molecule has 1 unspecified atom stereocenters. The van der Waals surface area contributed by atoms with Crippen molar-refractivity contribution >= 4 is 22.4 Å². The third kappa shape index (κ3) is 3.53. The minimum absolute atomic E-state index is 0.187. The molecule has 0 spiro atoms. The lowest BCUT2D eigenvalue weighted by molar-refractivity contribution is -0.117.